The molecule has 2 atom stereocenters. The van der Waals surface area contributed by atoms with Gasteiger partial charge in [-0.2, -0.15) is 0 Å². The first-order valence-corrected chi connectivity index (χ1v) is 6.50. The Kier molecular flexibility index (Phi) is 2.28. The number of nitrogens with zero attached hydrogens (tertiary/aromatic N) is 1. The van der Waals surface area contributed by atoms with Crippen molar-refractivity contribution in [2.75, 3.05) is 0 Å². The van der Waals surface area contributed by atoms with Crippen molar-refractivity contribution in [3.05, 3.63) is 29.6 Å². The molecule has 2 aliphatic rings. The Hall–Kier alpha value is -0.890. The Labute approximate surface area is 97.3 Å². The minimum absolute atomic E-state index is 0.00914. The van der Waals surface area contributed by atoms with Crippen molar-refractivity contribution in [1.29, 1.82) is 0 Å². The summed E-state index contributed by atoms with van der Waals surface area (Å²) in [5.41, 5.74) is 9.38. The summed E-state index contributed by atoms with van der Waals surface area (Å²) < 4.78 is 0. The number of pyridine rings is 1. The zero-order valence-corrected chi connectivity index (χ0v) is 9.95. The number of aryl methyl sites for hydroxylation is 1. The van der Waals surface area contributed by atoms with E-state index in [1.165, 1.54) is 36.8 Å². The predicted molar refractivity (Wildman–Crippen MR) is 64.9 cm³/mol. The molecule has 0 aromatic carbocycles. The van der Waals surface area contributed by atoms with Gasteiger partial charge < -0.3 is 5.73 Å². The molecular formula is C14H20N2. The fourth-order valence-corrected chi connectivity index (χ4v) is 3.70. The zero-order chi connectivity index (χ0) is 11.2. The van der Waals surface area contributed by atoms with E-state index in [-0.39, 0.29) is 5.54 Å². The Morgan fingerprint density at radius 1 is 1.38 bits per heavy atom. The second-order valence-electron chi connectivity index (χ2n) is 5.32. The van der Waals surface area contributed by atoms with Gasteiger partial charge in [0.1, 0.15) is 0 Å². The van der Waals surface area contributed by atoms with Crippen LogP contribution >= 0.6 is 0 Å². The molecule has 2 nitrogen and oxygen atoms in total. The lowest BCUT2D eigenvalue weighted by atomic mass is 9.96. The van der Waals surface area contributed by atoms with E-state index in [0.717, 1.165) is 18.3 Å². The average Bonchev–Trinajstić information content (AvgIpc) is 2.97. The van der Waals surface area contributed by atoms with Crippen molar-refractivity contribution in [1.82, 2.24) is 4.98 Å². The van der Waals surface area contributed by atoms with E-state index < -0.39 is 0 Å². The van der Waals surface area contributed by atoms with Gasteiger partial charge in [-0.25, -0.2) is 0 Å². The molecule has 0 spiro atoms. The highest BCUT2D eigenvalue weighted by Gasteiger charge is 2.63. The van der Waals surface area contributed by atoms with E-state index in [4.69, 9.17) is 5.73 Å². The lowest BCUT2D eigenvalue weighted by Crippen LogP contribution is -2.25. The lowest BCUT2D eigenvalue weighted by Gasteiger charge is -2.16. The van der Waals surface area contributed by atoms with Gasteiger partial charge in [-0.15, -0.1) is 0 Å². The number of fused-ring (bicyclic) bond motifs is 1. The molecule has 86 valence electrons. The lowest BCUT2D eigenvalue weighted by molar-refractivity contribution is 0.480. The summed E-state index contributed by atoms with van der Waals surface area (Å²) in [5.74, 6) is 1.49. The van der Waals surface area contributed by atoms with Gasteiger partial charge in [0, 0.05) is 17.9 Å². The van der Waals surface area contributed by atoms with Gasteiger partial charge in [0.2, 0.25) is 0 Å². The Morgan fingerprint density at radius 2 is 2.06 bits per heavy atom. The Morgan fingerprint density at radius 3 is 2.69 bits per heavy atom. The summed E-state index contributed by atoms with van der Waals surface area (Å²) in [6, 6.07) is 2.15. The molecule has 2 heteroatoms. The van der Waals surface area contributed by atoms with Crippen LogP contribution in [0.4, 0.5) is 0 Å². The summed E-state index contributed by atoms with van der Waals surface area (Å²) in [5, 5.41) is 0. The molecule has 0 radical (unpaired) electrons. The third-order valence-electron chi connectivity index (χ3n) is 4.63. The van der Waals surface area contributed by atoms with Gasteiger partial charge in [0.25, 0.3) is 0 Å². The molecule has 2 unspecified atom stereocenters. The zero-order valence-electron chi connectivity index (χ0n) is 9.95. The quantitative estimate of drug-likeness (QED) is 0.825. The van der Waals surface area contributed by atoms with Crippen molar-refractivity contribution in [2.45, 2.75) is 44.6 Å². The molecule has 2 N–H and O–H groups in total. The molecule has 1 aromatic rings. The van der Waals surface area contributed by atoms with E-state index in [1.807, 2.05) is 12.4 Å². The third-order valence-corrected chi connectivity index (χ3v) is 4.63. The highest BCUT2D eigenvalue weighted by molar-refractivity contribution is 5.39. The smallest absolute Gasteiger partial charge is 0.0477 e. The van der Waals surface area contributed by atoms with Gasteiger partial charge in [0.05, 0.1) is 0 Å². The van der Waals surface area contributed by atoms with Gasteiger partial charge in [-0.3, -0.25) is 4.98 Å². The molecular weight excluding hydrogens is 196 g/mol. The van der Waals surface area contributed by atoms with E-state index in [1.54, 1.807) is 0 Å². The number of nitrogens with two attached hydrogens (primary N) is 1. The second-order valence-corrected chi connectivity index (χ2v) is 5.32. The summed E-state index contributed by atoms with van der Waals surface area (Å²) in [6.07, 6.45) is 10.3. The molecule has 0 amide bonds. The Bertz CT molecular complexity index is 387. The normalized spacial score (nSPS) is 36.9. The fourth-order valence-electron chi connectivity index (χ4n) is 3.70. The van der Waals surface area contributed by atoms with E-state index in [9.17, 15) is 0 Å². The highest BCUT2D eigenvalue weighted by Crippen LogP contribution is 2.63. The molecule has 0 aliphatic heterocycles. The van der Waals surface area contributed by atoms with Gasteiger partial charge >= 0.3 is 0 Å². The maximum atomic E-state index is 6.67. The second kappa shape index (κ2) is 3.56. The number of hydrogen-bond donors (Lipinski definition) is 1. The maximum absolute atomic E-state index is 6.67. The van der Waals surface area contributed by atoms with Crippen molar-refractivity contribution >= 4 is 0 Å². The van der Waals surface area contributed by atoms with Crippen LogP contribution < -0.4 is 5.73 Å². The first-order valence-electron chi connectivity index (χ1n) is 6.50. The largest absolute Gasteiger partial charge is 0.321 e. The standard InChI is InChI=1S/C14H20N2/c1-2-10-9-16-8-7-11(10)14(15)12-5-3-4-6-13(12)14/h7-9,12-13H,2-6,15H2,1H3. The van der Waals surface area contributed by atoms with Crippen molar-refractivity contribution in [3.63, 3.8) is 0 Å². The molecule has 0 saturated heterocycles. The number of aromatic nitrogens is 1. The SMILES string of the molecule is CCc1cnccc1C1(N)C2CCCCC21. The van der Waals surface area contributed by atoms with Crippen LogP contribution in [-0.2, 0) is 12.0 Å². The maximum Gasteiger partial charge on any atom is 0.0477 e. The third kappa shape index (κ3) is 1.26. The van der Waals surface area contributed by atoms with Crippen molar-refractivity contribution in [3.8, 4) is 0 Å². The van der Waals surface area contributed by atoms with Crippen LogP contribution in [0.1, 0.15) is 43.7 Å². The summed E-state index contributed by atoms with van der Waals surface area (Å²) in [7, 11) is 0. The van der Waals surface area contributed by atoms with E-state index >= 15 is 0 Å². The molecule has 1 aromatic heterocycles. The van der Waals surface area contributed by atoms with Crippen LogP contribution in [0.5, 0.6) is 0 Å². The minimum Gasteiger partial charge on any atom is -0.321 e. The topological polar surface area (TPSA) is 38.9 Å². The van der Waals surface area contributed by atoms with Crippen LogP contribution in [0.2, 0.25) is 0 Å². The molecule has 0 bridgehead atoms. The summed E-state index contributed by atoms with van der Waals surface area (Å²) >= 11 is 0. The van der Waals surface area contributed by atoms with Gasteiger partial charge in [0.15, 0.2) is 0 Å². The predicted octanol–water partition coefficient (Wildman–Crippen LogP) is 2.62. The van der Waals surface area contributed by atoms with Gasteiger partial charge in [-0.1, -0.05) is 19.8 Å². The van der Waals surface area contributed by atoms with Crippen LogP contribution in [0.15, 0.2) is 18.5 Å². The average molecular weight is 216 g/mol. The Balaban J connectivity index is 1.98. The molecule has 3 rings (SSSR count). The van der Waals surface area contributed by atoms with Gasteiger partial charge in [-0.05, 0) is 48.3 Å². The highest BCUT2D eigenvalue weighted by atomic mass is 14.9. The number of rotatable bonds is 2. The van der Waals surface area contributed by atoms with E-state index in [0.29, 0.717) is 0 Å². The fraction of sp³-hybridized carbons (Fsp3) is 0.643. The molecule has 1 heterocycles. The molecule has 2 fully saturated rings. The molecule has 16 heavy (non-hydrogen) atoms. The van der Waals surface area contributed by atoms with E-state index in [2.05, 4.69) is 18.0 Å². The van der Waals surface area contributed by atoms with Crippen LogP contribution in [-0.4, -0.2) is 4.98 Å². The monoisotopic (exact) mass is 216 g/mol. The van der Waals surface area contributed by atoms with Crippen molar-refractivity contribution in [2.24, 2.45) is 17.6 Å². The van der Waals surface area contributed by atoms with Crippen molar-refractivity contribution < 1.29 is 0 Å². The first-order chi connectivity index (χ1) is 7.78. The first kappa shape index (κ1) is 10.3. The summed E-state index contributed by atoms with van der Waals surface area (Å²) in [4.78, 5) is 4.22. The minimum atomic E-state index is -0.00914. The van der Waals surface area contributed by atoms with Crippen LogP contribution in [0.3, 0.4) is 0 Å². The number of hydrogen-bond acceptors (Lipinski definition) is 2. The van der Waals surface area contributed by atoms with Crippen LogP contribution in [0.25, 0.3) is 0 Å². The molecule has 2 saturated carbocycles. The summed E-state index contributed by atoms with van der Waals surface area (Å²) in [6.45, 7) is 2.19. The van der Waals surface area contributed by atoms with Crippen LogP contribution in [0, 0.1) is 11.8 Å². The molecule has 2 aliphatic carbocycles.